The number of hydrogen-bond acceptors (Lipinski definition) is 6. The first-order valence-electron chi connectivity index (χ1n) is 11.2. The normalized spacial score (nSPS) is 17.8. The zero-order chi connectivity index (χ0) is 24.8. The smallest absolute Gasteiger partial charge is 0.404 e. The predicted octanol–water partition coefficient (Wildman–Crippen LogP) is 1.35. The van der Waals surface area contributed by atoms with Gasteiger partial charge in [0.1, 0.15) is 19.7 Å². The quantitative estimate of drug-likeness (QED) is 0.549. The highest BCUT2D eigenvalue weighted by molar-refractivity contribution is 6.33. The summed E-state index contributed by atoms with van der Waals surface area (Å²) in [6, 6.07) is 8.89. The number of nitrogens with zero attached hydrogens (tertiary/aromatic N) is 3. The third-order valence-electron chi connectivity index (χ3n) is 6.39. The molecule has 1 saturated heterocycles. The molecule has 1 aliphatic carbocycles. The molecule has 182 valence electrons. The average Bonchev–Trinajstić information content (AvgIpc) is 3.62. The molecule has 2 fully saturated rings. The molecule has 0 bridgehead atoms. The van der Waals surface area contributed by atoms with E-state index in [1.165, 1.54) is 23.0 Å². The summed E-state index contributed by atoms with van der Waals surface area (Å²) in [6.07, 6.45) is -2.45. The molecule has 1 N–H and O–H groups in total. The summed E-state index contributed by atoms with van der Waals surface area (Å²) < 4.78 is 49.9. The van der Waals surface area contributed by atoms with E-state index in [4.69, 9.17) is 4.74 Å². The Morgan fingerprint density at radius 1 is 1.14 bits per heavy atom. The van der Waals surface area contributed by atoms with E-state index in [1.807, 2.05) is 12.7 Å². The Balaban J connectivity index is 1.52. The summed E-state index contributed by atoms with van der Waals surface area (Å²) in [5.74, 6) is -0.979. The van der Waals surface area contributed by atoms with Crippen molar-refractivity contribution >= 4 is 35.8 Å². The van der Waals surface area contributed by atoms with Crippen molar-refractivity contribution in [3.8, 4) is 11.4 Å². The van der Waals surface area contributed by atoms with Crippen LogP contribution < -0.4 is 21.1 Å². The lowest BCUT2D eigenvalue weighted by Crippen LogP contribution is -2.51. The van der Waals surface area contributed by atoms with Gasteiger partial charge in [0.25, 0.3) is 5.56 Å². The molecule has 0 atom stereocenters. The van der Waals surface area contributed by atoms with Gasteiger partial charge < -0.3 is 14.8 Å². The number of fused-ring (bicyclic) bond motifs is 1. The van der Waals surface area contributed by atoms with Crippen LogP contribution in [-0.4, -0.2) is 66.4 Å². The monoisotopic (exact) mass is 486 g/mol. The van der Waals surface area contributed by atoms with Gasteiger partial charge >= 0.3 is 6.36 Å². The molecule has 1 aliphatic heterocycles. The van der Waals surface area contributed by atoms with Crippen molar-refractivity contribution in [2.24, 2.45) is 0 Å². The lowest BCUT2D eigenvalue weighted by atomic mass is 9.95. The second-order valence-corrected chi connectivity index (χ2v) is 8.75. The largest absolute Gasteiger partial charge is 0.573 e. The van der Waals surface area contributed by atoms with E-state index in [2.05, 4.69) is 15.0 Å². The van der Waals surface area contributed by atoms with Gasteiger partial charge in [0.2, 0.25) is 5.91 Å². The molecule has 1 saturated carbocycles. The van der Waals surface area contributed by atoms with E-state index >= 15 is 0 Å². The van der Waals surface area contributed by atoms with Gasteiger partial charge in [-0.05, 0) is 43.2 Å². The number of nitrogens with one attached hydrogen (secondary N) is 1. The van der Waals surface area contributed by atoms with Crippen LogP contribution in [0.5, 0.6) is 5.75 Å². The first-order valence-corrected chi connectivity index (χ1v) is 11.2. The molecule has 3 aromatic rings. The number of carbonyl (C=O) groups is 1. The molecule has 2 aromatic carbocycles. The number of ether oxygens (including phenoxy) is 2. The van der Waals surface area contributed by atoms with E-state index in [0.717, 1.165) is 11.5 Å². The van der Waals surface area contributed by atoms with E-state index in [0.29, 0.717) is 50.0 Å². The SMILES string of the molecule is Bc1ccc2c(=O)n(-c3ccc(OC(F)(F)F)c(NC(=O)C4(N5CCOCC5)CC4)c3)cnc2c1. The molecule has 0 spiro atoms. The molecule has 5 rings (SSSR count). The number of morpholine rings is 1. The van der Waals surface area contributed by atoms with Crippen LogP contribution in [-0.2, 0) is 9.53 Å². The number of benzene rings is 2. The van der Waals surface area contributed by atoms with Crippen molar-refractivity contribution in [3.05, 3.63) is 53.1 Å². The number of carbonyl (C=O) groups excluding carboxylic acids is 1. The summed E-state index contributed by atoms with van der Waals surface area (Å²) in [5.41, 5.74) is 0.345. The van der Waals surface area contributed by atoms with Crippen molar-refractivity contribution in [2.45, 2.75) is 24.7 Å². The van der Waals surface area contributed by atoms with Crippen LogP contribution in [0.25, 0.3) is 16.6 Å². The van der Waals surface area contributed by atoms with E-state index in [-0.39, 0.29) is 16.9 Å². The number of rotatable bonds is 5. The molecule has 8 nitrogen and oxygen atoms in total. The third kappa shape index (κ3) is 4.63. The topological polar surface area (TPSA) is 85.7 Å². The standard InChI is InChI=1S/C23H22BF3N4O4/c24-14-1-3-16-17(11-14)28-13-31(20(16)32)15-2-4-19(35-23(25,26)27)18(12-15)29-21(33)22(5-6-22)30-7-9-34-10-8-30/h1-4,11-13H,5-10,24H2,(H,29,33). The van der Waals surface area contributed by atoms with Crippen LogP contribution in [0.3, 0.4) is 0 Å². The average molecular weight is 486 g/mol. The highest BCUT2D eigenvalue weighted by Crippen LogP contribution is 2.44. The highest BCUT2D eigenvalue weighted by Gasteiger charge is 2.54. The fourth-order valence-electron chi connectivity index (χ4n) is 4.43. The summed E-state index contributed by atoms with van der Waals surface area (Å²) in [4.78, 5) is 32.6. The van der Waals surface area contributed by atoms with Gasteiger partial charge in [-0.3, -0.25) is 19.1 Å². The number of hydrogen-bond donors (Lipinski definition) is 1. The summed E-state index contributed by atoms with van der Waals surface area (Å²) in [7, 11) is 1.88. The van der Waals surface area contributed by atoms with Crippen molar-refractivity contribution in [3.63, 3.8) is 0 Å². The second kappa shape index (κ2) is 8.69. The maximum Gasteiger partial charge on any atom is 0.573 e. The van der Waals surface area contributed by atoms with Gasteiger partial charge in [0, 0.05) is 13.1 Å². The Bertz CT molecular complexity index is 1350. The number of anilines is 1. The van der Waals surface area contributed by atoms with E-state index in [9.17, 15) is 22.8 Å². The van der Waals surface area contributed by atoms with Gasteiger partial charge in [0.15, 0.2) is 5.75 Å². The van der Waals surface area contributed by atoms with Gasteiger partial charge in [-0.1, -0.05) is 11.5 Å². The minimum absolute atomic E-state index is 0.180. The lowest BCUT2D eigenvalue weighted by Gasteiger charge is -2.34. The van der Waals surface area contributed by atoms with E-state index in [1.54, 1.807) is 18.2 Å². The first-order chi connectivity index (χ1) is 16.7. The Hall–Kier alpha value is -3.38. The number of amides is 1. The first kappa shape index (κ1) is 23.4. The van der Waals surface area contributed by atoms with Gasteiger partial charge in [-0.2, -0.15) is 0 Å². The van der Waals surface area contributed by atoms with Crippen molar-refractivity contribution < 1.29 is 27.4 Å². The van der Waals surface area contributed by atoms with Crippen LogP contribution in [0.15, 0.2) is 47.5 Å². The Kier molecular flexibility index (Phi) is 5.80. The molecule has 35 heavy (non-hydrogen) atoms. The van der Waals surface area contributed by atoms with Crippen molar-refractivity contribution in [1.82, 2.24) is 14.5 Å². The second-order valence-electron chi connectivity index (χ2n) is 8.75. The molecule has 2 aliphatic rings. The Labute approximate surface area is 199 Å². The predicted molar refractivity (Wildman–Crippen MR) is 125 cm³/mol. The summed E-state index contributed by atoms with van der Waals surface area (Å²) in [6.45, 7) is 2.11. The molecular formula is C23H22BF3N4O4. The molecule has 0 radical (unpaired) electrons. The molecular weight excluding hydrogens is 464 g/mol. The fraction of sp³-hybridized carbons (Fsp3) is 0.348. The fourth-order valence-corrected chi connectivity index (χ4v) is 4.43. The van der Waals surface area contributed by atoms with Crippen LogP contribution in [0.4, 0.5) is 18.9 Å². The molecule has 2 heterocycles. The molecule has 0 unspecified atom stereocenters. The number of halogens is 3. The molecule has 1 amide bonds. The number of aromatic nitrogens is 2. The molecule has 1 aromatic heterocycles. The van der Waals surface area contributed by atoms with Gasteiger partial charge in [-0.15, -0.1) is 13.2 Å². The minimum atomic E-state index is -4.96. The maximum absolute atomic E-state index is 13.2. The minimum Gasteiger partial charge on any atom is -0.404 e. The summed E-state index contributed by atoms with van der Waals surface area (Å²) in [5, 5.41) is 2.99. The van der Waals surface area contributed by atoms with E-state index < -0.39 is 23.6 Å². The van der Waals surface area contributed by atoms with Crippen LogP contribution >= 0.6 is 0 Å². The van der Waals surface area contributed by atoms with Crippen LogP contribution in [0, 0.1) is 0 Å². The van der Waals surface area contributed by atoms with Gasteiger partial charge in [-0.25, -0.2) is 4.98 Å². The third-order valence-corrected chi connectivity index (χ3v) is 6.39. The zero-order valence-electron chi connectivity index (χ0n) is 18.9. The van der Waals surface area contributed by atoms with Crippen LogP contribution in [0.2, 0.25) is 0 Å². The highest BCUT2D eigenvalue weighted by atomic mass is 19.4. The number of alkyl halides is 3. The van der Waals surface area contributed by atoms with Gasteiger partial charge in [0.05, 0.1) is 35.5 Å². The molecule has 12 heteroatoms. The summed E-state index contributed by atoms with van der Waals surface area (Å²) >= 11 is 0. The maximum atomic E-state index is 13.2. The Morgan fingerprint density at radius 2 is 1.89 bits per heavy atom. The van der Waals surface area contributed by atoms with Crippen LogP contribution in [0.1, 0.15) is 12.8 Å². The lowest BCUT2D eigenvalue weighted by molar-refractivity contribution is -0.274. The Morgan fingerprint density at radius 3 is 2.57 bits per heavy atom. The van der Waals surface area contributed by atoms with Crippen molar-refractivity contribution in [2.75, 3.05) is 31.6 Å². The van der Waals surface area contributed by atoms with Crippen molar-refractivity contribution in [1.29, 1.82) is 0 Å². The zero-order valence-corrected chi connectivity index (χ0v) is 18.9.